The Bertz CT molecular complexity index is 382. The number of hydrogen-bond acceptors (Lipinski definition) is 4. The Morgan fingerprint density at radius 2 is 2.47 bits per heavy atom. The first kappa shape index (κ1) is 9.94. The highest BCUT2D eigenvalue weighted by Crippen LogP contribution is 2.15. The van der Waals surface area contributed by atoms with Crippen LogP contribution in [0.3, 0.4) is 0 Å². The topological polar surface area (TPSA) is 52.0 Å². The maximum Gasteiger partial charge on any atom is 0.101 e. The smallest absolute Gasteiger partial charge is 0.101 e. The fourth-order valence-corrected chi connectivity index (χ4v) is 1.83. The fraction of sp³-hybridized carbons (Fsp3) is 0.455. The Hall–Kier alpha value is -1.60. The lowest BCUT2D eigenvalue weighted by Gasteiger charge is -2.33. The minimum absolute atomic E-state index is 0.490. The summed E-state index contributed by atoms with van der Waals surface area (Å²) in [7, 11) is 0. The minimum atomic E-state index is 0.490. The molecular formula is C11H14N4. The van der Waals surface area contributed by atoms with Crippen molar-refractivity contribution in [3.8, 4) is 6.07 Å². The van der Waals surface area contributed by atoms with Gasteiger partial charge < -0.3 is 10.2 Å². The van der Waals surface area contributed by atoms with Crippen molar-refractivity contribution in [1.82, 2.24) is 10.3 Å². The molecule has 1 aliphatic rings. The normalized spacial score (nSPS) is 21.1. The maximum atomic E-state index is 8.79. The summed E-state index contributed by atoms with van der Waals surface area (Å²) in [6.07, 6.45) is 3.41. The second-order valence-electron chi connectivity index (χ2n) is 3.84. The van der Waals surface area contributed by atoms with E-state index in [-0.39, 0.29) is 0 Å². The Labute approximate surface area is 89.5 Å². The van der Waals surface area contributed by atoms with Crippen LogP contribution in [0.5, 0.6) is 0 Å². The van der Waals surface area contributed by atoms with Crippen LogP contribution < -0.4 is 10.2 Å². The van der Waals surface area contributed by atoms with Crippen LogP contribution in [0, 0.1) is 11.3 Å². The predicted octanol–water partition coefficient (Wildman–Crippen LogP) is 0.751. The van der Waals surface area contributed by atoms with E-state index >= 15 is 0 Å². The molecule has 0 saturated carbocycles. The molecule has 1 aliphatic heterocycles. The average molecular weight is 202 g/mol. The molecule has 0 radical (unpaired) electrons. The van der Waals surface area contributed by atoms with Crippen LogP contribution in [-0.4, -0.2) is 30.7 Å². The van der Waals surface area contributed by atoms with Crippen molar-refractivity contribution in [3.05, 3.63) is 24.0 Å². The second-order valence-corrected chi connectivity index (χ2v) is 3.84. The van der Waals surface area contributed by atoms with E-state index in [4.69, 9.17) is 5.26 Å². The molecule has 0 spiro atoms. The van der Waals surface area contributed by atoms with Gasteiger partial charge in [0.15, 0.2) is 0 Å². The van der Waals surface area contributed by atoms with E-state index < -0.39 is 0 Å². The van der Waals surface area contributed by atoms with Crippen LogP contribution >= 0.6 is 0 Å². The van der Waals surface area contributed by atoms with Gasteiger partial charge in [0, 0.05) is 31.9 Å². The van der Waals surface area contributed by atoms with Crippen molar-refractivity contribution >= 4 is 5.69 Å². The van der Waals surface area contributed by atoms with Crippen LogP contribution in [0.25, 0.3) is 0 Å². The molecule has 2 rings (SSSR count). The van der Waals surface area contributed by atoms with Crippen LogP contribution in [0.1, 0.15) is 12.5 Å². The SMILES string of the molecule is CC1CN(c2cncc(C#N)c2)CCN1. The van der Waals surface area contributed by atoms with Crippen molar-refractivity contribution in [2.75, 3.05) is 24.5 Å². The van der Waals surface area contributed by atoms with Gasteiger partial charge in [0.25, 0.3) is 0 Å². The molecule has 1 aromatic rings. The Morgan fingerprint density at radius 3 is 3.20 bits per heavy atom. The van der Waals surface area contributed by atoms with Crippen molar-refractivity contribution in [2.45, 2.75) is 13.0 Å². The molecule has 1 aromatic heterocycles. The highest BCUT2D eigenvalue weighted by molar-refractivity contribution is 5.49. The number of anilines is 1. The van der Waals surface area contributed by atoms with Gasteiger partial charge in [-0.1, -0.05) is 0 Å². The molecule has 4 heteroatoms. The zero-order valence-electron chi connectivity index (χ0n) is 8.77. The molecule has 0 bridgehead atoms. The summed E-state index contributed by atoms with van der Waals surface area (Å²) in [5.74, 6) is 0. The molecule has 2 heterocycles. The molecule has 0 amide bonds. The van der Waals surface area contributed by atoms with Crippen molar-refractivity contribution in [1.29, 1.82) is 5.26 Å². The average Bonchev–Trinajstić information content (AvgIpc) is 2.29. The monoisotopic (exact) mass is 202 g/mol. The number of nitrogens with zero attached hydrogens (tertiary/aromatic N) is 3. The third-order valence-electron chi connectivity index (χ3n) is 2.59. The number of rotatable bonds is 1. The molecular weight excluding hydrogens is 188 g/mol. The van der Waals surface area contributed by atoms with E-state index in [1.807, 2.05) is 12.3 Å². The molecule has 4 nitrogen and oxygen atoms in total. The van der Waals surface area contributed by atoms with E-state index in [0.29, 0.717) is 11.6 Å². The van der Waals surface area contributed by atoms with Gasteiger partial charge in [0.05, 0.1) is 17.4 Å². The standard InChI is InChI=1S/C11H14N4/c1-9-8-15(3-2-14-9)11-4-10(5-12)6-13-7-11/h4,6-7,9,14H,2-3,8H2,1H3. The number of aromatic nitrogens is 1. The van der Waals surface area contributed by atoms with Crippen LogP contribution in [-0.2, 0) is 0 Å². The molecule has 1 N–H and O–H groups in total. The van der Waals surface area contributed by atoms with Gasteiger partial charge in [-0.25, -0.2) is 0 Å². The molecule has 1 saturated heterocycles. The van der Waals surface area contributed by atoms with Crippen LogP contribution in [0.15, 0.2) is 18.5 Å². The zero-order valence-corrected chi connectivity index (χ0v) is 8.77. The van der Waals surface area contributed by atoms with Crippen molar-refractivity contribution in [3.63, 3.8) is 0 Å². The number of nitrogens with one attached hydrogen (secondary N) is 1. The number of nitriles is 1. The number of pyridine rings is 1. The van der Waals surface area contributed by atoms with Gasteiger partial charge in [-0.3, -0.25) is 4.98 Å². The minimum Gasteiger partial charge on any atom is -0.367 e. The molecule has 1 atom stereocenters. The Balaban J connectivity index is 2.18. The summed E-state index contributed by atoms with van der Waals surface area (Å²) in [5, 5.41) is 12.2. The lowest BCUT2D eigenvalue weighted by molar-refractivity contribution is 0.484. The summed E-state index contributed by atoms with van der Waals surface area (Å²) in [6.45, 7) is 5.09. The molecule has 1 unspecified atom stereocenters. The summed E-state index contributed by atoms with van der Waals surface area (Å²) < 4.78 is 0. The lowest BCUT2D eigenvalue weighted by Crippen LogP contribution is -2.49. The van der Waals surface area contributed by atoms with Gasteiger partial charge in [0.1, 0.15) is 6.07 Å². The third-order valence-corrected chi connectivity index (χ3v) is 2.59. The number of piperazine rings is 1. The Kier molecular flexibility index (Phi) is 2.84. The molecule has 0 aromatic carbocycles. The van der Waals surface area contributed by atoms with Gasteiger partial charge in [0.2, 0.25) is 0 Å². The van der Waals surface area contributed by atoms with Gasteiger partial charge in [-0.2, -0.15) is 5.26 Å². The summed E-state index contributed by atoms with van der Waals surface area (Å²) in [4.78, 5) is 6.33. The first-order valence-electron chi connectivity index (χ1n) is 5.13. The van der Waals surface area contributed by atoms with Crippen LogP contribution in [0.2, 0.25) is 0 Å². The summed E-state index contributed by atoms with van der Waals surface area (Å²) in [5.41, 5.74) is 1.67. The maximum absolute atomic E-state index is 8.79. The third kappa shape index (κ3) is 2.25. The fourth-order valence-electron chi connectivity index (χ4n) is 1.83. The first-order valence-corrected chi connectivity index (χ1v) is 5.13. The quantitative estimate of drug-likeness (QED) is 0.730. The van der Waals surface area contributed by atoms with Crippen LogP contribution in [0.4, 0.5) is 5.69 Å². The van der Waals surface area contributed by atoms with E-state index in [2.05, 4.69) is 28.2 Å². The van der Waals surface area contributed by atoms with E-state index in [1.165, 1.54) is 0 Å². The van der Waals surface area contributed by atoms with Crippen molar-refractivity contribution in [2.24, 2.45) is 0 Å². The van der Waals surface area contributed by atoms with Gasteiger partial charge in [-0.05, 0) is 13.0 Å². The molecule has 78 valence electrons. The van der Waals surface area contributed by atoms with Gasteiger partial charge >= 0.3 is 0 Å². The molecule has 15 heavy (non-hydrogen) atoms. The second kappa shape index (κ2) is 4.28. The largest absolute Gasteiger partial charge is 0.367 e. The Morgan fingerprint density at radius 1 is 1.60 bits per heavy atom. The summed E-state index contributed by atoms with van der Waals surface area (Å²) in [6, 6.07) is 4.50. The zero-order chi connectivity index (χ0) is 10.7. The van der Waals surface area contributed by atoms with Gasteiger partial charge in [-0.15, -0.1) is 0 Å². The molecule has 1 fully saturated rings. The van der Waals surface area contributed by atoms with E-state index in [9.17, 15) is 0 Å². The van der Waals surface area contributed by atoms with E-state index in [0.717, 1.165) is 25.3 Å². The van der Waals surface area contributed by atoms with Crippen molar-refractivity contribution < 1.29 is 0 Å². The highest BCUT2D eigenvalue weighted by Gasteiger charge is 2.16. The van der Waals surface area contributed by atoms with E-state index in [1.54, 1.807) is 6.20 Å². The highest BCUT2D eigenvalue weighted by atomic mass is 15.2. The molecule has 0 aliphatic carbocycles. The first-order chi connectivity index (χ1) is 7.29. The predicted molar refractivity (Wildman–Crippen MR) is 58.6 cm³/mol. The summed E-state index contributed by atoms with van der Waals surface area (Å²) >= 11 is 0. The lowest BCUT2D eigenvalue weighted by atomic mass is 10.2. The number of hydrogen-bond donors (Lipinski definition) is 1.